The zero-order valence-corrected chi connectivity index (χ0v) is 10.1. The molecule has 3 heteroatoms. The van der Waals surface area contributed by atoms with Crippen molar-refractivity contribution in [3.63, 3.8) is 0 Å². The third kappa shape index (κ3) is 2.69. The van der Waals surface area contributed by atoms with Gasteiger partial charge in [-0.3, -0.25) is 0 Å². The van der Waals surface area contributed by atoms with E-state index in [-0.39, 0.29) is 0 Å². The number of hydrogen-bond acceptors (Lipinski definition) is 2. The summed E-state index contributed by atoms with van der Waals surface area (Å²) in [5.74, 6) is -0.0954. The molecular formula is C15H14O3. The highest BCUT2D eigenvalue weighted by Crippen LogP contribution is 2.24. The molecule has 0 bridgehead atoms. The van der Waals surface area contributed by atoms with Gasteiger partial charge in [-0.05, 0) is 42.3 Å². The molecular weight excluding hydrogens is 228 g/mol. The number of rotatable bonds is 4. The minimum atomic E-state index is -0.912. The SMILES string of the molecule is CCOc1cccc(-c2ccc(C(=O)O)cc2)c1. The van der Waals surface area contributed by atoms with Crippen LogP contribution in [0.5, 0.6) is 5.75 Å². The van der Waals surface area contributed by atoms with Gasteiger partial charge in [0.05, 0.1) is 12.2 Å². The first-order chi connectivity index (χ1) is 8.70. The van der Waals surface area contributed by atoms with Crippen LogP contribution in [0.15, 0.2) is 48.5 Å². The Morgan fingerprint density at radius 1 is 1.11 bits per heavy atom. The number of carboxylic acid groups (broad SMARTS) is 1. The summed E-state index contributed by atoms with van der Waals surface area (Å²) in [6.45, 7) is 2.57. The Kier molecular flexibility index (Phi) is 3.63. The van der Waals surface area contributed by atoms with Crippen LogP contribution in [0.2, 0.25) is 0 Å². The number of benzene rings is 2. The molecule has 92 valence electrons. The number of carboxylic acids is 1. The summed E-state index contributed by atoms with van der Waals surface area (Å²) in [4.78, 5) is 10.8. The maximum absolute atomic E-state index is 10.8. The van der Waals surface area contributed by atoms with Crippen molar-refractivity contribution in [1.82, 2.24) is 0 Å². The van der Waals surface area contributed by atoms with Gasteiger partial charge in [-0.15, -0.1) is 0 Å². The molecule has 2 aromatic rings. The minimum absolute atomic E-state index is 0.291. The van der Waals surface area contributed by atoms with Crippen LogP contribution < -0.4 is 4.74 Å². The van der Waals surface area contributed by atoms with Crippen molar-refractivity contribution < 1.29 is 14.6 Å². The van der Waals surface area contributed by atoms with Gasteiger partial charge in [-0.2, -0.15) is 0 Å². The number of aromatic carboxylic acids is 1. The fraction of sp³-hybridized carbons (Fsp3) is 0.133. The Bertz CT molecular complexity index is 544. The largest absolute Gasteiger partial charge is 0.494 e. The smallest absolute Gasteiger partial charge is 0.335 e. The molecule has 0 aliphatic carbocycles. The van der Waals surface area contributed by atoms with E-state index >= 15 is 0 Å². The Morgan fingerprint density at radius 3 is 2.44 bits per heavy atom. The average molecular weight is 242 g/mol. The van der Waals surface area contributed by atoms with Crippen molar-refractivity contribution in [3.05, 3.63) is 54.1 Å². The van der Waals surface area contributed by atoms with Gasteiger partial charge in [0.2, 0.25) is 0 Å². The molecule has 2 rings (SSSR count). The van der Waals surface area contributed by atoms with E-state index in [0.717, 1.165) is 16.9 Å². The topological polar surface area (TPSA) is 46.5 Å². The number of hydrogen-bond donors (Lipinski definition) is 1. The lowest BCUT2D eigenvalue weighted by Crippen LogP contribution is -1.95. The molecule has 0 atom stereocenters. The van der Waals surface area contributed by atoms with Gasteiger partial charge in [0.1, 0.15) is 5.75 Å². The van der Waals surface area contributed by atoms with Gasteiger partial charge in [-0.1, -0.05) is 24.3 Å². The van der Waals surface area contributed by atoms with Crippen molar-refractivity contribution in [2.45, 2.75) is 6.92 Å². The van der Waals surface area contributed by atoms with Gasteiger partial charge in [0.25, 0.3) is 0 Å². The monoisotopic (exact) mass is 242 g/mol. The van der Waals surface area contributed by atoms with Crippen molar-refractivity contribution in [2.24, 2.45) is 0 Å². The summed E-state index contributed by atoms with van der Waals surface area (Å²) >= 11 is 0. The van der Waals surface area contributed by atoms with E-state index in [0.29, 0.717) is 12.2 Å². The second-order valence-electron chi connectivity index (χ2n) is 3.84. The molecule has 0 aromatic heterocycles. The number of carbonyl (C=O) groups is 1. The summed E-state index contributed by atoms with van der Waals surface area (Å²) in [6.07, 6.45) is 0. The van der Waals surface area contributed by atoms with Crippen LogP contribution in [-0.2, 0) is 0 Å². The fourth-order valence-electron chi connectivity index (χ4n) is 1.74. The molecule has 0 aliphatic heterocycles. The molecule has 0 radical (unpaired) electrons. The van der Waals surface area contributed by atoms with Crippen LogP contribution in [0.25, 0.3) is 11.1 Å². The second kappa shape index (κ2) is 5.36. The summed E-state index contributed by atoms with van der Waals surface area (Å²) in [7, 11) is 0. The predicted molar refractivity (Wildman–Crippen MR) is 70.0 cm³/mol. The Labute approximate surface area is 106 Å². The van der Waals surface area contributed by atoms with E-state index in [1.165, 1.54) is 0 Å². The van der Waals surface area contributed by atoms with Crippen molar-refractivity contribution >= 4 is 5.97 Å². The molecule has 0 saturated carbocycles. The third-order valence-corrected chi connectivity index (χ3v) is 2.61. The lowest BCUT2D eigenvalue weighted by molar-refractivity contribution is 0.0697. The van der Waals surface area contributed by atoms with Crippen LogP contribution in [0, 0.1) is 0 Å². The molecule has 0 spiro atoms. The zero-order chi connectivity index (χ0) is 13.0. The van der Waals surface area contributed by atoms with E-state index < -0.39 is 5.97 Å². The molecule has 2 aromatic carbocycles. The lowest BCUT2D eigenvalue weighted by atomic mass is 10.0. The first-order valence-electron chi connectivity index (χ1n) is 5.77. The molecule has 0 fully saturated rings. The Balaban J connectivity index is 2.30. The molecule has 1 N–H and O–H groups in total. The minimum Gasteiger partial charge on any atom is -0.494 e. The molecule has 3 nitrogen and oxygen atoms in total. The quantitative estimate of drug-likeness (QED) is 0.893. The van der Waals surface area contributed by atoms with Crippen LogP contribution in [0.1, 0.15) is 17.3 Å². The van der Waals surface area contributed by atoms with Gasteiger partial charge in [-0.25, -0.2) is 4.79 Å². The van der Waals surface area contributed by atoms with Crippen molar-refractivity contribution in [2.75, 3.05) is 6.61 Å². The van der Waals surface area contributed by atoms with E-state index in [2.05, 4.69) is 0 Å². The highest BCUT2D eigenvalue weighted by Gasteiger charge is 2.03. The van der Waals surface area contributed by atoms with Gasteiger partial charge < -0.3 is 9.84 Å². The molecule has 0 amide bonds. The standard InChI is InChI=1S/C15H14O3/c1-2-18-14-5-3-4-13(10-14)11-6-8-12(9-7-11)15(16)17/h3-10H,2H2,1H3,(H,16,17). The Hall–Kier alpha value is -2.29. The fourth-order valence-corrected chi connectivity index (χ4v) is 1.74. The molecule has 0 aliphatic rings. The van der Waals surface area contributed by atoms with Crippen LogP contribution in [0.4, 0.5) is 0 Å². The van der Waals surface area contributed by atoms with Crippen molar-refractivity contribution in [1.29, 1.82) is 0 Å². The summed E-state index contributed by atoms with van der Waals surface area (Å²) in [5.41, 5.74) is 2.28. The van der Waals surface area contributed by atoms with Gasteiger partial charge in [0, 0.05) is 0 Å². The van der Waals surface area contributed by atoms with E-state index in [1.54, 1.807) is 24.3 Å². The molecule has 18 heavy (non-hydrogen) atoms. The highest BCUT2D eigenvalue weighted by molar-refractivity contribution is 5.88. The first-order valence-corrected chi connectivity index (χ1v) is 5.77. The molecule has 0 saturated heterocycles. The second-order valence-corrected chi connectivity index (χ2v) is 3.84. The third-order valence-electron chi connectivity index (χ3n) is 2.61. The normalized spacial score (nSPS) is 10.1. The van der Waals surface area contributed by atoms with E-state index in [9.17, 15) is 4.79 Å². The lowest BCUT2D eigenvalue weighted by Gasteiger charge is -2.06. The number of ether oxygens (including phenoxy) is 1. The zero-order valence-electron chi connectivity index (χ0n) is 10.1. The predicted octanol–water partition coefficient (Wildman–Crippen LogP) is 3.45. The van der Waals surface area contributed by atoms with Gasteiger partial charge in [0.15, 0.2) is 0 Å². The highest BCUT2D eigenvalue weighted by atomic mass is 16.5. The molecule has 0 unspecified atom stereocenters. The van der Waals surface area contributed by atoms with E-state index in [1.807, 2.05) is 31.2 Å². The maximum atomic E-state index is 10.8. The average Bonchev–Trinajstić information content (AvgIpc) is 2.39. The van der Waals surface area contributed by atoms with E-state index in [4.69, 9.17) is 9.84 Å². The summed E-state index contributed by atoms with van der Waals surface area (Å²) in [6, 6.07) is 14.5. The maximum Gasteiger partial charge on any atom is 0.335 e. The Morgan fingerprint density at radius 2 is 1.83 bits per heavy atom. The summed E-state index contributed by atoms with van der Waals surface area (Å²) in [5, 5.41) is 8.84. The first kappa shape index (κ1) is 12.2. The summed E-state index contributed by atoms with van der Waals surface area (Å²) < 4.78 is 5.44. The van der Waals surface area contributed by atoms with Crippen LogP contribution in [0.3, 0.4) is 0 Å². The van der Waals surface area contributed by atoms with Crippen molar-refractivity contribution in [3.8, 4) is 16.9 Å². The van der Waals surface area contributed by atoms with Crippen LogP contribution in [-0.4, -0.2) is 17.7 Å². The molecule has 0 heterocycles. The van der Waals surface area contributed by atoms with Gasteiger partial charge >= 0.3 is 5.97 Å². The van der Waals surface area contributed by atoms with Crippen LogP contribution >= 0.6 is 0 Å².